The maximum absolute atomic E-state index is 12.1. The second-order valence-electron chi connectivity index (χ2n) is 5.49. The Kier molecular flexibility index (Phi) is 4.63. The lowest BCUT2D eigenvalue weighted by molar-refractivity contribution is 0.0945. The number of piperidine rings is 1. The summed E-state index contributed by atoms with van der Waals surface area (Å²) < 4.78 is 0. The molecule has 114 valence electrons. The average Bonchev–Trinajstić information content (AvgIpc) is 2.61. The zero-order valence-electron chi connectivity index (χ0n) is 12.5. The van der Waals surface area contributed by atoms with E-state index in [1.807, 2.05) is 36.4 Å². The molecule has 2 heterocycles. The Hall–Kier alpha value is -2.43. The monoisotopic (exact) mass is 296 g/mol. The molecule has 2 aromatic rings. The number of hydrogen-bond acceptors (Lipinski definition) is 4. The van der Waals surface area contributed by atoms with Crippen molar-refractivity contribution < 1.29 is 4.79 Å². The van der Waals surface area contributed by atoms with Gasteiger partial charge in [-0.3, -0.25) is 4.79 Å². The van der Waals surface area contributed by atoms with E-state index in [2.05, 4.69) is 20.4 Å². The van der Waals surface area contributed by atoms with Crippen LogP contribution in [0.15, 0.2) is 42.5 Å². The molecule has 1 N–H and O–H groups in total. The van der Waals surface area contributed by atoms with E-state index in [9.17, 15) is 4.79 Å². The van der Waals surface area contributed by atoms with E-state index in [-0.39, 0.29) is 5.91 Å². The van der Waals surface area contributed by atoms with E-state index in [1.165, 1.54) is 19.3 Å². The largest absolute Gasteiger partial charge is 0.355 e. The van der Waals surface area contributed by atoms with Crippen molar-refractivity contribution in [3.63, 3.8) is 0 Å². The first-order chi connectivity index (χ1) is 10.8. The highest BCUT2D eigenvalue weighted by molar-refractivity contribution is 5.92. The van der Waals surface area contributed by atoms with Gasteiger partial charge in [0.2, 0.25) is 0 Å². The molecule has 0 aliphatic carbocycles. The molecule has 5 nitrogen and oxygen atoms in total. The van der Waals surface area contributed by atoms with Crippen LogP contribution in [0.4, 0.5) is 5.82 Å². The van der Waals surface area contributed by atoms with Gasteiger partial charge >= 0.3 is 0 Å². The van der Waals surface area contributed by atoms with Gasteiger partial charge in [-0.15, -0.1) is 10.2 Å². The van der Waals surface area contributed by atoms with Gasteiger partial charge in [0.05, 0.1) is 0 Å². The first-order valence-corrected chi connectivity index (χ1v) is 7.74. The van der Waals surface area contributed by atoms with Gasteiger partial charge in [-0.1, -0.05) is 30.3 Å². The number of nitrogens with one attached hydrogen (secondary N) is 1. The molecular weight excluding hydrogens is 276 g/mol. The molecule has 0 bridgehead atoms. The number of amides is 1. The lowest BCUT2D eigenvalue weighted by Crippen LogP contribution is -2.31. The quantitative estimate of drug-likeness (QED) is 0.941. The van der Waals surface area contributed by atoms with Crippen LogP contribution in [-0.2, 0) is 6.54 Å². The third-order valence-electron chi connectivity index (χ3n) is 3.86. The van der Waals surface area contributed by atoms with Gasteiger partial charge in [0.25, 0.3) is 5.91 Å². The molecule has 0 saturated carbocycles. The molecule has 1 aliphatic heterocycles. The Morgan fingerprint density at radius 1 is 1.00 bits per heavy atom. The molecule has 5 heteroatoms. The molecular formula is C17H20N4O. The van der Waals surface area contributed by atoms with E-state index in [0.29, 0.717) is 12.2 Å². The van der Waals surface area contributed by atoms with E-state index >= 15 is 0 Å². The van der Waals surface area contributed by atoms with Gasteiger partial charge in [-0.25, -0.2) is 0 Å². The number of anilines is 1. The van der Waals surface area contributed by atoms with Crippen LogP contribution in [0.2, 0.25) is 0 Å². The van der Waals surface area contributed by atoms with Gasteiger partial charge in [-0.05, 0) is 37.0 Å². The highest BCUT2D eigenvalue weighted by Crippen LogP contribution is 2.16. The maximum atomic E-state index is 12.1. The first-order valence-electron chi connectivity index (χ1n) is 7.74. The van der Waals surface area contributed by atoms with Gasteiger partial charge in [0.15, 0.2) is 11.5 Å². The van der Waals surface area contributed by atoms with Crippen LogP contribution in [0.1, 0.15) is 35.3 Å². The molecule has 1 amide bonds. The van der Waals surface area contributed by atoms with Gasteiger partial charge < -0.3 is 10.2 Å². The van der Waals surface area contributed by atoms with Crippen LogP contribution in [0, 0.1) is 0 Å². The van der Waals surface area contributed by atoms with E-state index in [4.69, 9.17) is 0 Å². The standard InChI is InChI=1S/C17H20N4O/c22-17(18-13-14-7-3-1-4-8-14)15-9-10-16(20-19-15)21-11-5-2-6-12-21/h1,3-4,7-10H,2,5-6,11-13H2,(H,18,22). The minimum absolute atomic E-state index is 0.193. The lowest BCUT2D eigenvalue weighted by atomic mass is 10.1. The SMILES string of the molecule is O=C(NCc1ccccc1)c1ccc(N2CCCCC2)nn1. The van der Waals surface area contributed by atoms with Crippen molar-refractivity contribution >= 4 is 11.7 Å². The molecule has 1 fully saturated rings. The number of rotatable bonds is 4. The van der Waals surface area contributed by atoms with Crippen molar-refractivity contribution in [2.24, 2.45) is 0 Å². The molecule has 0 atom stereocenters. The van der Waals surface area contributed by atoms with Crippen LogP contribution in [0.25, 0.3) is 0 Å². The molecule has 1 aliphatic rings. The highest BCUT2D eigenvalue weighted by Gasteiger charge is 2.14. The van der Waals surface area contributed by atoms with E-state index < -0.39 is 0 Å². The topological polar surface area (TPSA) is 58.1 Å². The lowest BCUT2D eigenvalue weighted by Gasteiger charge is -2.27. The zero-order chi connectivity index (χ0) is 15.2. The van der Waals surface area contributed by atoms with Crippen molar-refractivity contribution in [3.8, 4) is 0 Å². The number of hydrogen-bond donors (Lipinski definition) is 1. The summed E-state index contributed by atoms with van der Waals surface area (Å²) >= 11 is 0. The number of benzene rings is 1. The minimum Gasteiger partial charge on any atom is -0.355 e. The Labute approximate surface area is 130 Å². The fourth-order valence-electron chi connectivity index (χ4n) is 2.61. The maximum Gasteiger partial charge on any atom is 0.272 e. The zero-order valence-corrected chi connectivity index (χ0v) is 12.5. The van der Waals surface area contributed by atoms with Crippen LogP contribution < -0.4 is 10.2 Å². The third-order valence-corrected chi connectivity index (χ3v) is 3.86. The molecule has 0 spiro atoms. The summed E-state index contributed by atoms with van der Waals surface area (Å²) in [6.07, 6.45) is 3.67. The highest BCUT2D eigenvalue weighted by atomic mass is 16.1. The molecule has 0 unspecified atom stereocenters. The summed E-state index contributed by atoms with van der Waals surface area (Å²) in [6, 6.07) is 13.4. The summed E-state index contributed by atoms with van der Waals surface area (Å²) in [4.78, 5) is 14.3. The number of aromatic nitrogens is 2. The third kappa shape index (κ3) is 3.61. The normalized spacial score (nSPS) is 14.6. The molecule has 0 radical (unpaired) electrons. The van der Waals surface area contributed by atoms with Crippen molar-refractivity contribution in [1.29, 1.82) is 0 Å². The average molecular weight is 296 g/mol. The Balaban J connectivity index is 1.58. The summed E-state index contributed by atoms with van der Waals surface area (Å²) in [5, 5.41) is 11.1. The molecule has 1 aromatic carbocycles. The summed E-state index contributed by atoms with van der Waals surface area (Å²) in [5.74, 6) is 0.667. The fourth-order valence-corrected chi connectivity index (χ4v) is 2.61. The van der Waals surface area contributed by atoms with Gasteiger partial charge in [0.1, 0.15) is 0 Å². The second-order valence-corrected chi connectivity index (χ2v) is 5.49. The van der Waals surface area contributed by atoms with Crippen LogP contribution >= 0.6 is 0 Å². The van der Waals surface area contributed by atoms with Gasteiger partial charge in [-0.2, -0.15) is 0 Å². The second kappa shape index (κ2) is 7.02. The molecule has 22 heavy (non-hydrogen) atoms. The van der Waals surface area contributed by atoms with E-state index in [0.717, 1.165) is 24.5 Å². The number of carbonyl (C=O) groups excluding carboxylic acids is 1. The minimum atomic E-state index is -0.193. The number of carbonyl (C=O) groups is 1. The summed E-state index contributed by atoms with van der Waals surface area (Å²) in [6.45, 7) is 2.54. The van der Waals surface area contributed by atoms with Crippen molar-refractivity contribution in [3.05, 3.63) is 53.7 Å². The summed E-state index contributed by atoms with van der Waals surface area (Å²) in [7, 11) is 0. The predicted octanol–water partition coefficient (Wildman–Crippen LogP) is 2.40. The summed E-state index contributed by atoms with van der Waals surface area (Å²) in [5.41, 5.74) is 1.42. The Morgan fingerprint density at radius 2 is 1.77 bits per heavy atom. The van der Waals surface area contributed by atoms with E-state index in [1.54, 1.807) is 6.07 Å². The molecule has 1 saturated heterocycles. The van der Waals surface area contributed by atoms with Crippen LogP contribution in [0.3, 0.4) is 0 Å². The van der Waals surface area contributed by atoms with Crippen LogP contribution in [-0.4, -0.2) is 29.2 Å². The molecule has 1 aromatic heterocycles. The number of nitrogens with zero attached hydrogens (tertiary/aromatic N) is 3. The smallest absolute Gasteiger partial charge is 0.272 e. The van der Waals surface area contributed by atoms with Crippen molar-refractivity contribution in [2.45, 2.75) is 25.8 Å². The fraction of sp³-hybridized carbons (Fsp3) is 0.353. The van der Waals surface area contributed by atoms with Gasteiger partial charge in [0, 0.05) is 19.6 Å². The predicted molar refractivity (Wildman–Crippen MR) is 85.7 cm³/mol. The van der Waals surface area contributed by atoms with Crippen molar-refractivity contribution in [1.82, 2.24) is 15.5 Å². The van der Waals surface area contributed by atoms with Crippen molar-refractivity contribution in [2.75, 3.05) is 18.0 Å². The Bertz CT molecular complexity index is 606. The Morgan fingerprint density at radius 3 is 2.45 bits per heavy atom. The van der Waals surface area contributed by atoms with Crippen LogP contribution in [0.5, 0.6) is 0 Å². The molecule has 3 rings (SSSR count). The first kappa shape index (κ1) is 14.5.